The van der Waals surface area contributed by atoms with Crippen molar-refractivity contribution < 1.29 is 14.4 Å². The van der Waals surface area contributed by atoms with Crippen LogP contribution in [0.5, 0.6) is 0 Å². The molecule has 2 bridgehead atoms. The highest BCUT2D eigenvalue weighted by Crippen LogP contribution is 2.60. The molecule has 31 heavy (non-hydrogen) atoms. The number of rotatable bonds is 3. The van der Waals surface area contributed by atoms with Gasteiger partial charge in [0, 0.05) is 15.3 Å². The molecule has 0 radical (unpaired) electrons. The van der Waals surface area contributed by atoms with Crippen LogP contribution in [0.4, 0.5) is 11.4 Å². The van der Waals surface area contributed by atoms with Gasteiger partial charge in [-0.3, -0.25) is 14.4 Å². The van der Waals surface area contributed by atoms with Crippen molar-refractivity contribution in [2.45, 2.75) is 29.9 Å². The van der Waals surface area contributed by atoms with Crippen LogP contribution in [-0.2, 0) is 9.59 Å². The fraction of sp³-hybridized carbons (Fsp3) is 0.375. The van der Waals surface area contributed by atoms with E-state index in [0.717, 1.165) is 17.5 Å². The Labute approximate surface area is 197 Å². The molecule has 2 aromatic carbocycles. The van der Waals surface area contributed by atoms with Crippen molar-refractivity contribution in [2.24, 2.45) is 23.7 Å². The second kappa shape index (κ2) is 7.55. The maximum absolute atomic E-state index is 13.4. The molecule has 1 aliphatic heterocycles. The summed E-state index contributed by atoms with van der Waals surface area (Å²) in [6.07, 6.45) is 0.876. The summed E-state index contributed by atoms with van der Waals surface area (Å²) in [7, 11) is 0. The lowest BCUT2D eigenvalue weighted by atomic mass is 9.81. The van der Waals surface area contributed by atoms with E-state index in [9.17, 15) is 14.4 Å². The van der Waals surface area contributed by atoms with E-state index < -0.39 is 0 Å². The number of imide groups is 1. The van der Waals surface area contributed by atoms with Crippen LogP contribution in [0, 0.1) is 37.5 Å². The number of carbonyl (C=O) groups is 3. The van der Waals surface area contributed by atoms with Crippen LogP contribution in [0.2, 0.25) is 0 Å². The zero-order chi connectivity index (χ0) is 22.0. The highest BCUT2D eigenvalue weighted by molar-refractivity contribution is 9.12. The third-order valence-electron chi connectivity index (χ3n) is 6.86. The topological polar surface area (TPSA) is 66.5 Å². The molecule has 3 aliphatic rings. The molecule has 1 heterocycles. The number of fused-ring (bicyclic) bond motifs is 5. The largest absolute Gasteiger partial charge is 0.322 e. The Morgan fingerprint density at radius 2 is 1.48 bits per heavy atom. The van der Waals surface area contributed by atoms with E-state index in [1.807, 2.05) is 32.0 Å². The lowest BCUT2D eigenvalue weighted by Crippen LogP contribution is -2.37. The monoisotopic (exact) mass is 544 g/mol. The summed E-state index contributed by atoms with van der Waals surface area (Å²) in [4.78, 5) is 41.6. The van der Waals surface area contributed by atoms with Gasteiger partial charge in [-0.2, -0.15) is 0 Å². The first-order chi connectivity index (χ1) is 14.8. The van der Waals surface area contributed by atoms with Gasteiger partial charge in [-0.25, -0.2) is 4.90 Å². The van der Waals surface area contributed by atoms with E-state index in [0.29, 0.717) is 16.9 Å². The van der Waals surface area contributed by atoms with Crippen molar-refractivity contribution in [1.29, 1.82) is 0 Å². The van der Waals surface area contributed by atoms with E-state index in [1.165, 1.54) is 4.90 Å². The summed E-state index contributed by atoms with van der Waals surface area (Å²) >= 11 is 7.43. The minimum atomic E-state index is -0.335. The van der Waals surface area contributed by atoms with Gasteiger partial charge in [-0.05, 0) is 67.5 Å². The Kier molecular flexibility index (Phi) is 5.09. The predicted octanol–water partition coefficient (Wildman–Crippen LogP) is 4.84. The molecule has 6 atom stereocenters. The van der Waals surface area contributed by atoms with Crippen LogP contribution in [0.3, 0.4) is 0 Å². The molecule has 5 rings (SSSR count). The summed E-state index contributed by atoms with van der Waals surface area (Å²) in [5.74, 6) is -1.06. The number of benzene rings is 2. The number of hydrogen-bond donors (Lipinski definition) is 1. The fourth-order valence-corrected chi connectivity index (χ4v) is 7.57. The predicted molar refractivity (Wildman–Crippen MR) is 127 cm³/mol. The molecule has 7 heteroatoms. The molecule has 1 N–H and O–H groups in total. The zero-order valence-electron chi connectivity index (χ0n) is 17.1. The third-order valence-corrected chi connectivity index (χ3v) is 10.1. The Morgan fingerprint density at radius 1 is 0.935 bits per heavy atom. The number of aryl methyl sites for hydroxylation is 2. The van der Waals surface area contributed by atoms with Gasteiger partial charge in [0.1, 0.15) is 0 Å². The average Bonchev–Trinajstić information content (AvgIpc) is 3.32. The van der Waals surface area contributed by atoms with Crippen molar-refractivity contribution in [3.8, 4) is 0 Å². The number of hydrogen-bond acceptors (Lipinski definition) is 3. The molecule has 2 saturated carbocycles. The van der Waals surface area contributed by atoms with Gasteiger partial charge in [-0.1, -0.05) is 50.1 Å². The minimum absolute atomic E-state index is 0.136. The molecule has 2 aliphatic carbocycles. The van der Waals surface area contributed by atoms with Crippen LogP contribution < -0.4 is 10.2 Å². The fourth-order valence-electron chi connectivity index (χ4n) is 5.69. The standard InChI is InChI=1S/C24H22Br2N2O3/c1-11-7-12(2)9-13(8-11)27-22(29)14-5-3-4-6-17(14)28-23(30)18-15-10-16(19(18)24(28)31)21(26)20(15)25/h3-9,15-16,18-21H,10H2,1-2H3,(H,27,29)/t15-,16-,18-,19+,20-,21+/m1/s1. The van der Waals surface area contributed by atoms with Crippen LogP contribution >= 0.6 is 31.9 Å². The van der Waals surface area contributed by atoms with Gasteiger partial charge in [0.25, 0.3) is 5.91 Å². The Balaban J connectivity index is 1.48. The summed E-state index contributed by atoms with van der Waals surface area (Å²) in [5.41, 5.74) is 3.47. The molecule has 1 saturated heterocycles. The Morgan fingerprint density at radius 3 is 2.06 bits per heavy atom. The number of carbonyl (C=O) groups excluding carboxylic acids is 3. The number of alkyl halides is 2. The van der Waals surface area contributed by atoms with E-state index >= 15 is 0 Å². The second-order valence-corrected chi connectivity index (χ2v) is 11.0. The Hall–Kier alpha value is -1.99. The molecule has 0 spiro atoms. The zero-order valence-corrected chi connectivity index (χ0v) is 20.3. The van der Waals surface area contributed by atoms with Crippen molar-refractivity contribution in [2.75, 3.05) is 10.2 Å². The first-order valence-corrected chi connectivity index (χ1v) is 12.3. The molecule has 0 unspecified atom stereocenters. The van der Waals surface area contributed by atoms with E-state index in [-0.39, 0.29) is 51.0 Å². The molecule has 3 fully saturated rings. The second-order valence-electron chi connectivity index (χ2n) is 8.86. The van der Waals surface area contributed by atoms with Crippen molar-refractivity contribution in [3.63, 3.8) is 0 Å². The van der Waals surface area contributed by atoms with Gasteiger partial charge in [-0.15, -0.1) is 0 Å². The highest BCUT2D eigenvalue weighted by Gasteiger charge is 2.66. The van der Waals surface area contributed by atoms with Crippen LogP contribution in [-0.4, -0.2) is 27.4 Å². The Bertz CT molecular complexity index is 1070. The van der Waals surface area contributed by atoms with Crippen LogP contribution in [0.15, 0.2) is 42.5 Å². The maximum Gasteiger partial charge on any atom is 0.257 e. The summed E-state index contributed by atoms with van der Waals surface area (Å²) < 4.78 is 0. The number of nitrogens with one attached hydrogen (secondary N) is 1. The number of amides is 3. The van der Waals surface area contributed by atoms with Crippen molar-refractivity contribution in [1.82, 2.24) is 0 Å². The first kappa shape index (κ1) is 20.9. The van der Waals surface area contributed by atoms with Gasteiger partial charge < -0.3 is 5.32 Å². The molecule has 5 nitrogen and oxygen atoms in total. The number of para-hydroxylation sites is 1. The average molecular weight is 546 g/mol. The number of anilines is 2. The quantitative estimate of drug-likeness (QED) is 0.443. The van der Waals surface area contributed by atoms with Gasteiger partial charge in [0.15, 0.2) is 0 Å². The molecule has 2 aromatic rings. The molecular weight excluding hydrogens is 524 g/mol. The van der Waals surface area contributed by atoms with Gasteiger partial charge >= 0.3 is 0 Å². The van der Waals surface area contributed by atoms with E-state index in [4.69, 9.17) is 0 Å². The summed E-state index contributed by atoms with van der Waals surface area (Å²) in [6, 6.07) is 12.7. The lowest BCUT2D eigenvalue weighted by Gasteiger charge is -2.28. The normalized spacial score (nSPS) is 31.3. The number of halogens is 2. The van der Waals surface area contributed by atoms with E-state index in [1.54, 1.807) is 24.3 Å². The minimum Gasteiger partial charge on any atom is -0.322 e. The molecule has 160 valence electrons. The van der Waals surface area contributed by atoms with Gasteiger partial charge in [0.05, 0.1) is 23.1 Å². The lowest BCUT2D eigenvalue weighted by molar-refractivity contribution is -0.123. The van der Waals surface area contributed by atoms with Gasteiger partial charge in [0.2, 0.25) is 11.8 Å². The summed E-state index contributed by atoms with van der Waals surface area (Å²) in [5, 5.41) is 2.92. The SMILES string of the molecule is Cc1cc(C)cc(NC(=O)c2ccccc2N2C(=O)[C@@H]3[C@H]4C[C@@H]([C@H](Br)[C@@H]4Br)[C@@H]3C2=O)c1. The van der Waals surface area contributed by atoms with E-state index in [2.05, 4.69) is 37.2 Å². The van der Waals surface area contributed by atoms with Crippen LogP contribution in [0.25, 0.3) is 0 Å². The first-order valence-electron chi connectivity index (χ1n) is 10.4. The number of nitrogens with zero attached hydrogens (tertiary/aromatic N) is 1. The summed E-state index contributed by atoms with van der Waals surface area (Å²) in [6.45, 7) is 3.94. The highest BCUT2D eigenvalue weighted by atomic mass is 79.9. The van der Waals surface area contributed by atoms with Crippen molar-refractivity contribution in [3.05, 3.63) is 59.2 Å². The molecular formula is C24H22Br2N2O3. The maximum atomic E-state index is 13.4. The van der Waals surface area contributed by atoms with Crippen LogP contribution in [0.1, 0.15) is 27.9 Å². The molecule has 3 amide bonds. The smallest absolute Gasteiger partial charge is 0.257 e. The van der Waals surface area contributed by atoms with Crippen molar-refractivity contribution >= 4 is 61.0 Å². The molecule has 0 aromatic heterocycles. The third kappa shape index (κ3) is 3.20.